The molecule has 0 saturated carbocycles. The van der Waals surface area contributed by atoms with Gasteiger partial charge in [0.2, 0.25) is 0 Å². The molecule has 15 nitrogen and oxygen atoms in total. The summed E-state index contributed by atoms with van der Waals surface area (Å²) in [7, 11) is 1.34. The van der Waals surface area contributed by atoms with Crippen molar-refractivity contribution >= 4 is 35.6 Å². The molecule has 7 aromatic rings. The molecule has 2 fully saturated rings. The summed E-state index contributed by atoms with van der Waals surface area (Å²) in [5.74, 6) is -2.64. The van der Waals surface area contributed by atoms with E-state index in [0.29, 0.717) is 5.75 Å². The number of rotatable bonds is 24. The van der Waals surface area contributed by atoms with Crippen molar-refractivity contribution in [1.82, 2.24) is 0 Å². The highest BCUT2D eigenvalue weighted by Crippen LogP contribution is 2.38. The van der Waals surface area contributed by atoms with Crippen LogP contribution in [0.1, 0.15) is 60.8 Å². The van der Waals surface area contributed by atoms with Crippen molar-refractivity contribution in [2.75, 3.05) is 26.1 Å². The molecule has 2 heterocycles. The molecule has 9 rings (SSSR count). The largest absolute Gasteiger partial charge is 0.457 e. The molecule has 0 bridgehead atoms. The van der Waals surface area contributed by atoms with Crippen LogP contribution in [0.4, 0.5) is 0 Å². The number of hydrogen-bond acceptors (Lipinski definition) is 16. The number of carbonyl (C=O) groups excluding carboxylic acids is 4. The lowest BCUT2D eigenvalue weighted by Crippen LogP contribution is -2.64. The number of ether oxygens (including phenoxy) is 11. The summed E-state index contributed by atoms with van der Waals surface area (Å²) < 4.78 is 71.9. The molecular formula is C64H62O15S. The quantitative estimate of drug-likeness (QED) is 0.0318. The van der Waals surface area contributed by atoms with Gasteiger partial charge in [-0.05, 0) is 65.2 Å². The minimum atomic E-state index is -1.57. The Hall–Kier alpha value is -7.51. The number of esters is 4. The van der Waals surface area contributed by atoms with Crippen LogP contribution in [-0.4, -0.2) is 111 Å². The second kappa shape index (κ2) is 29.1. The molecule has 0 aliphatic carbocycles. The maximum atomic E-state index is 14.3. The third-order valence-corrected chi connectivity index (χ3v) is 14.3. The number of hydrogen-bond donors (Lipinski definition) is 0. The van der Waals surface area contributed by atoms with Crippen molar-refractivity contribution in [2.45, 2.75) is 92.5 Å². The summed E-state index contributed by atoms with van der Waals surface area (Å²) in [6.07, 6.45) is -13.9. The first-order chi connectivity index (χ1) is 39.2. The molecule has 2 aliphatic rings. The molecular weight excluding hydrogens is 1040 g/mol. The lowest BCUT2D eigenvalue weighted by molar-refractivity contribution is -0.341. The predicted octanol–water partition coefficient (Wildman–Crippen LogP) is 10.4. The Kier molecular flexibility index (Phi) is 20.8. The summed E-state index contributed by atoms with van der Waals surface area (Å²) in [6.45, 7) is 1.10. The van der Waals surface area contributed by atoms with Crippen LogP contribution in [0.25, 0.3) is 0 Å². The van der Waals surface area contributed by atoms with Crippen LogP contribution in [0.3, 0.4) is 0 Å². The SMILES string of the molecule is CO[C@H]1O[C@H](CO[C@H]2O[C@H](COCc3ccccc3)[C@@H](OCc3ccccc3)[C@H](OC(C)=O)[C@H]2O[C@H](CSc2ccccc2)c2ccccc2)[C@@H](OC(=O)c2ccccc2)[C@H](OC(=O)c2ccccc2)[C@H]1OC(=O)c1ccccc1. The summed E-state index contributed by atoms with van der Waals surface area (Å²) in [5, 5.41) is 0. The molecule has 7 aromatic carbocycles. The zero-order valence-electron chi connectivity index (χ0n) is 44.1. The van der Waals surface area contributed by atoms with E-state index in [-0.39, 0.29) is 36.5 Å². The third-order valence-electron chi connectivity index (χ3n) is 13.2. The van der Waals surface area contributed by atoms with E-state index in [9.17, 15) is 19.2 Å². The van der Waals surface area contributed by atoms with Gasteiger partial charge in [-0.3, -0.25) is 4.79 Å². The average Bonchev–Trinajstić information content (AvgIpc) is 3.56. The van der Waals surface area contributed by atoms with Gasteiger partial charge in [-0.25, -0.2) is 14.4 Å². The first-order valence-corrected chi connectivity index (χ1v) is 27.3. The van der Waals surface area contributed by atoms with E-state index in [1.165, 1.54) is 14.0 Å². The molecule has 0 spiro atoms. The van der Waals surface area contributed by atoms with Gasteiger partial charge < -0.3 is 52.1 Å². The van der Waals surface area contributed by atoms with E-state index < -0.39 is 98.0 Å². The van der Waals surface area contributed by atoms with Gasteiger partial charge in [0.05, 0.1) is 49.2 Å². The van der Waals surface area contributed by atoms with Gasteiger partial charge in [-0.15, -0.1) is 11.8 Å². The number of thioether (sulfide) groups is 1. The van der Waals surface area contributed by atoms with Gasteiger partial charge in [-0.1, -0.05) is 164 Å². The van der Waals surface area contributed by atoms with E-state index in [2.05, 4.69) is 0 Å². The van der Waals surface area contributed by atoms with Crippen LogP contribution < -0.4 is 0 Å². The van der Waals surface area contributed by atoms with E-state index in [1.807, 2.05) is 121 Å². The fourth-order valence-electron chi connectivity index (χ4n) is 9.30. The Labute approximate surface area is 469 Å². The topological polar surface area (TPSA) is 170 Å². The van der Waals surface area contributed by atoms with Crippen LogP contribution in [0.2, 0.25) is 0 Å². The smallest absolute Gasteiger partial charge is 0.338 e. The predicted molar refractivity (Wildman–Crippen MR) is 295 cm³/mol. The fourth-order valence-corrected chi connectivity index (χ4v) is 10.3. The van der Waals surface area contributed by atoms with E-state index in [4.69, 9.17) is 52.1 Å². The van der Waals surface area contributed by atoms with E-state index >= 15 is 0 Å². The normalized spacial score (nSPS) is 23.0. The Morgan fingerprint density at radius 2 is 0.887 bits per heavy atom. The standard InChI is InChI=1S/C64H62O15S/c1-43(65)73-56-54(71-39-45-26-12-4-13-27-45)51(40-70-38-44-24-10-3-11-25-44)76-64(59(56)74-53(46-28-14-5-15-29-46)42-80-50-36-22-9-23-37-50)72-41-52-55(77-60(66)47-30-16-6-17-31-47)57(78-61(67)48-32-18-7-19-33-48)58(63(69-2)75-52)79-62(68)49-34-20-8-21-35-49/h3-37,51-59,63-64H,38-42H2,1-2H3/t51-,52-,53-,54-,55-,56+,57+,58-,59-,63+,64+/m1/s1. The van der Waals surface area contributed by atoms with Crippen LogP contribution in [0.15, 0.2) is 217 Å². The summed E-state index contributed by atoms with van der Waals surface area (Å²) in [6, 6.07) is 63.3. The molecule has 0 unspecified atom stereocenters. The van der Waals surface area contributed by atoms with Crippen LogP contribution in [-0.2, 0) is 70.1 Å². The van der Waals surface area contributed by atoms with Gasteiger partial charge in [0.15, 0.2) is 37.0 Å². The molecule has 2 saturated heterocycles. The van der Waals surface area contributed by atoms with E-state index in [1.54, 1.807) is 103 Å². The fraction of sp³-hybridized carbons (Fsp3) is 0.281. The minimum Gasteiger partial charge on any atom is -0.457 e. The number of benzene rings is 7. The first-order valence-electron chi connectivity index (χ1n) is 26.3. The summed E-state index contributed by atoms with van der Waals surface area (Å²) in [5.41, 5.74) is 3.09. The van der Waals surface area contributed by atoms with Gasteiger partial charge in [-0.2, -0.15) is 0 Å². The lowest BCUT2D eigenvalue weighted by atomic mass is 9.96. The van der Waals surface area contributed by atoms with Crippen LogP contribution in [0, 0.1) is 0 Å². The molecule has 80 heavy (non-hydrogen) atoms. The van der Waals surface area contributed by atoms with E-state index in [0.717, 1.165) is 21.6 Å². The maximum absolute atomic E-state index is 14.3. The first kappa shape index (κ1) is 57.2. The molecule has 0 N–H and O–H groups in total. The minimum absolute atomic E-state index is 0.0559. The Balaban J connectivity index is 1.11. The second-order valence-corrected chi connectivity index (χ2v) is 19.9. The van der Waals surface area contributed by atoms with Gasteiger partial charge in [0.1, 0.15) is 24.4 Å². The summed E-state index contributed by atoms with van der Waals surface area (Å²) >= 11 is 1.57. The Morgan fingerprint density at radius 3 is 1.41 bits per heavy atom. The van der Waals surface area contributed by atoms with Gasteiger partial charge in [0, 0.05) is 24.7 Å². The molecule has 2 aliphatic heterocycles. The molecule has 0 aromatic heterocycles. The van der Waals surface area contributed by atoms with Crippen molar-refractivity contribution < 1.29 is 71.3 Å². The average molecular weight is 1100 g/mol. The molecule has 0 amide bonds. The Bertz CT molecular complexity index is 3000. The Morgan fingerprint density at radius 1 is 0.450 bits per heavy atom. The van der Waals surface area contributed by atoms with Crippen LogP contribution in [0.5, 0.6) is 0 Å². The molecule has 414 valence electrons. The van der Waals surface area contributed by atoms with Crippen molar-refractivity contribution in [3.05, 3.63) is 246 Å². The highest BCUT2D eigenvalue weighted by molar-refractivity contribution is 7.99. The zero-order chi connectivity index (χ0) is 55.5. The summed E-state index contributed by atoms with van der Waals surface area (Å²) in [4.78, 5) is 57.0. The van der Waals surface area contributed by atoms with Crippen molar-refractivity contribution in [2.24, 2.45) is 0 Å². The monoisotopic (exact) mass is 1100 g/mol. The van der Waals surface area contributed by atoms with Crippen molar-refractivity contribution in [3.63, 3.8) is 0 Å². The zero-order valence-corrected chi connectivity index (χ0v) is 44.9. The van der Waals surface area contributed by atoms with Crippen LogP contribution >= 0.6 is 11.8 Å². The maximum Gasteiger partial charge on any atom is 0.338 e. The molecule has 11 atom stereocenters. The highest BCUT2D eigenvalue weighted by Gasteiger charge is 2.55. The van der Waals surface area contributed by atoms with Crippen molar-refractivity contribution in [3.8, 4) is 0 Å². The molecule has 16 heteroatoms. The number of carbonyl (C=O) groups is 4. The van der Waals surface area contributed by atoms with Gasteiger partial charge in [0.25, 0.3) is 0 Å². The second-order valence-electron chi connectivity index (χ2n) is 18.8. The van der Waals surface area contributed by atoms with Gasteiger partial charge >= 0.3 is 23.9 Å². The highest BCUT2D eigenvalue weighted by atomic mass is 32.2. The number of methoxy groups -OCH3 is 1. The van der Waals surface area contributed by atoms with Crippen molar-refractivity contribution in [1.29, 1.82) is 0 Å². The lowest BCUT2D eigenvalue weighted by Gasteiger charge is -2.47. The third kappa shape index (κ3) is 15.6. The molecule has 0 radical (unpaired) electrons.